The molecule has 5 aromatic rings. The molecule has 0 spiro atoms. The molecule has 3 aromatic heterocycles. The molecule has 0 fully saturated rings. The molecule has 3 heterocycles. The van der Waals surface area contributed by atoms with E-state index in [0.29, 0.717) is 21.5 Å². The molecule has 0 saturated heterocycles. The highest BCUT2D eigenvalue weighted by atomic mass is 35.5. The van der Waals surface area contributed by atoms with Crippen LogP contribution in [0.1, 0.15) is 22.0 Å². The maximum Gasteiger partial charge on any atom is 0.273 e. The molecule has 1 unspecified atom stereocenters. The standard InChI is InChI=1S/C26H18ClN5O5S2/c27-20-11-8-18-14-22(38-26(18)29-20)39(36,37)31-25(35)23(16-4-2-1-3-5-16)30-24(34)17-6-9-19(10-7-17)32-13-12-28-15-21(32)33/h1-15,23H,(H,30,34)(H,31,35). The molecule has 0 radical (unpaired) electrons. The number of rotatable bonds is 7. The third-order valence-corrected chi connectivity index (χ3v) is 8.70. The second kappa shape index (κ2) is 10.8. The number of fused-ring (bicyclic) bond motifs is 1. The number of thiophene rings is 1. The van der Waals surface area contributed by atoms with E-state index in [1.165, 1.54) is 47.4 Å². The van der Waals surface area contributed by atoms with Gasteiger partial charge in [0.1, 0.15) is 20.2 Å². The largest absolute Gasteiger partial charge is 0.336 e. The van der Waals surface area contributed by atoms with Gasteiger partial charge in [0, 0.05) is 29.0 Å². The zero-order chi connectivity index (χ0) is 27.6. The molecule has 0 aliphatic heterocycles. The average molecular weight is 580 g/mol. The number of halogens is 1. The molecule has 0 aliphatic rings. The first-order chi connectivity index (χ1) is 18.7. The molecule has 10 nitrogen and oxygen atoms in total. The van der Waals surface area contributed by atoms with Crippen molar-refractivity contribution < 1.29 is 18.0 Å². The fourth-order valence-electron chi connectivity index (χ4n) is 3.74. The number of hydrogen-bond donors (Lipinski definition) is 2. The lowest BCUT2D eigenvalue weighted by atomic mass is 10.1. The van der Waals surface area contributed by atoms with E-state index in [-0.39, 0.29) is 20.5 Å². The second-order valence-corrected chi connectivity index (χ2v) is 11.5. The summed E-state index contributed by atoms with van der Waals surface area (Å²) in [6.45, 7) is 0. The van der Waals surface area contributed by atoms with E-state index in [0.717, 1.165) is 11.3 Å². The van der Waals surface area contributed by atoms with E-state index in [1.54, 1.807) is 48.5 Å². The molecule has 39 heavy (non-hydrogen) atoms. The molecule has 0 bridgehead atoms. The minimum Gasteiger partial charge on any atom is -0.336 e. The quantitative estimate of drug-likeness (QED) is 0.281. The SMILES string of the molecule is O=C(NC(C(=O)NS(=O)(=O)c1cc2ccc(Cl)nc2s1)c1ccccc1)c1ccc(-n2ccncc2=O)cc1. The van der Waals surface area contributed by atoms with Crippen LogP contribution in [0.5, 0.6) is 0 Å². The first-order valence-electron chi connectivity index (χ1n) is 11.3. The Morgan fingerprint density at radius 3 is 2.46 bits per heavy atom. The van der Waals surface area contributed by atoms with Crippen molar-refractivity contribution in [2.45, 2.75) is 10.3 Å². The van der Waals surface area contributed by atoms with Gasteiger partial charge in [-0.25, -0.2) is 18.1 Å². The Morgan fingerprint density at radius 2 is 1.74 bits per heavy atom. The number of benzene rings is 2. The van der Waals surface area contributed by atoms with Gasteiger partial charge in [0.2, 0.25) is 0 Å². The van der Waals surface area contributed by atoms with Crippen molar-refractivity contribution in [3.8, 4) is 5.69 Å². The first-order valence-corrected chi connectivity index (χ1v) is 14.0. The Labute approximate surface area is 231 Å². The summed E-state index contributed by atoms with van der Waals surface area (Å²) in [6.07, 6.45) is 4.13. The van der Waals surface area contributed by atoms with E-state index in [4.69, 9.17) is 11.6 Å². The van der Waals surface area contributed by atoms with Crippen molar-refractivity contribution in [3.63, 3.8) is 0 Å². The van der Waals surface area contributed by atoms with Crippen molar-refractivity contribution in [3.05, 3.63) is 118 Å². The molecular formula is C26H18ClN5O5S2. The molecular weight excluding hydrogens is 562 g/mol. The van der Waals surface area contributed by atoms with Crippen LogP contribution in [0, 0.1) is 0 Å². The number of hydrogen-bond acceptors (Lipinski definition) is 8. The fraction of sp³-hybridized carbons (Fsp3) is 0.0385. The maximum absolute atomic E-state index is 13.3. The van der Waals surface area contributed by atoms with E-state index >= 15 is 0 Å². The van der Waals surface area contributed by atoms with Gasteiger partial charge < -0.3 is 5.32 Å². The van der Waals surface area contributed by atoms with Crippen LogP contribution >= 0.6 is 22.9 Å². The third-order valence-electron chi connectivity index (χ3n) is 5.63. The first kappa shape index (κ1) is 26.2. The summed E-state index contributed by atoms with van der Waals surface area (Å²) >= 11 is 6.77. The van der Waals surface area contributed by atoms with Crippen LogP contribution in [-0.4, -0.2) is 34.8 Å². The van der Waals surface area contributed by atoms with Crippen LogP contribution in [0.25, 0.3) is 15.9 Å². The van der Waals surface area contributed by atoms with Gasteiger partial charge in [-0.2, -0.15) is 0 Å². The highest BCUT2D eigenvalue weighted by Gasteiger charge is 2.29. The minimum atomic E-state index is -4.28. The molecule has 5 rings (SSSR count). The Balaban J connectivity index is 1.39. The summed E-state index contributed by atoms with van der Waals surface area (Å²) in [5, 5.41) is 3.38. The minimum absolute atomic E-state index is 0.124. The molecule has 13 heteroatoms. The van der Waals surface area contributed by atoms with Crippen molar-refractivity contribution >= 4 is 55.0 Å². The van der Waals surface area contributed by atoms with Crippen LogP contribution in [0.15, 0.2) is 100 Å². The van der Waals surface area contributed by atoms with Gasteiger partial charge in [0.15, 0.2) is 0 Å². The monoisotopic (exact) mass is 579 g/mol. The van der Waals surface area contributed by atoms with Crippen LogP contribution < -0.4 is 15.6 Å². The average Bonchev–Trinajstić information content (AvgIpc) is 3.37. The number of sulfonamides is 1. The van der Waals surface area contributed by atoms with E-state index < -0.39 is 27.9 Å². The predicted molar refractivity (Wildman–Crippen MR) is 146 cm³/mol. The van der Waals surface area contributed by atoms with Gasteiger partial charge in [-0.05, 0) is 48.0 Å². The number of aromatic nitrogens is 3. The van der Waals surface area contributed by atoms with Crippen LogP contribution in [0.4, 0.5) is 0 Å². The van der Waals surface area contributed by atoms with E-state index in [1.807, 2.05) is 0 Å². The van der Waals surface area contributed by atoms with Gasteiger partial charge in [0.05, 0.1) is 6.20 Å². The normalized spacial score (nSPS) is 12.1. The Hall–Kier alpha value is -4.39. The molecule has 1 atom stereocenters. The molecule has 196 valence electrons. The number of pyridine rings is 1. The number of nitrogens with zero attached hydrogens (tertiary/aromatic N) is 3. The highest BCUT2D eigenvalue weighted by Crippen LogP contribution is 2.29. The smallest absolute Gasteiger partial charge is 0.273 e. The summed E-state index contributed by atoms with van der Waals surface area (Å²) in [7, 11) is -4.28. The van der Waals surface area contributed by atoms with Gasteiger partial charge in [-0.15, -0.1) is 11.3 Å². The van der Waals surface area contributed by atoms with Gasteiger partial charge in [0.25, 0.3) is 27.4 Å². The lowest BCUT2D eigenvalue weighted by molar-refractivity contribution is -0.121. The number of carbonyl (C=O) groups excluding carboxylic acids is 2. The van der Waals surface area contributed by atoms with Crippen LogP contribution in [0.2, 0.25) is 5.15 Å². The van der Waals surface area contributed by atoms with Gasteiger partial charge >= 0.3 is 0 Å². The molecule has 2 amide bonds. The summed E-state index contributed by atoms with van der Waals surface area (Å²) in [5.74, 6) is -1.57. The predicted octanol–water partition coefficient (Wildman–Crippen LogP) is 3.47. The summed E-state index contributed by atoms with van der Waals surface area (Å²) in [4.78, 5) is 46.6. The number of amides is 2. The second-order valence-electron chi connectivity index (χ2n) is 8.21. The lowest BCUT2D eigenvalue weighted by Crippen LogP contribution is -2.42. The Bertz CT molecular complexity index is 1860. The van der Waals surface area contributed by atoms with Crippen LogP contribution in [-0.2, 0) is 14.8 Å². The zero-order valence-electron chi connectivity index (χ0n) is 19.8. The maximum atomic E-state index is 13.3. The summed E-state index contributed by atoms with van der Waals surface area (Å²) in [6, 6.07) is 17.6. The molecule has 2 N–H and O–H groups in total. The Kier molecular flexibility index (Phi) is 7.24. The van der Waals surface area contributed by atoms with E-state index in [9.17, 15) is 22.8 Å². The van der Waals surface area contributed by atoms with Crippen molar-refractivity contribution in [1.82, 2.24) is 24.6 Å². The van der Waals surface area contributed by atoms with Gasteiger partial charge in [-0.3, -0.25) is 23.9 Å². The van der Waals surface area contributed by atoms with Crippen molar-refractivity contribution in [2.75, 3.05) is 0 Å². The summed E-state index contributed by atoms with van der Waals surface area (Å²) < 4.78 is 29.4. The number of carbonyl (C=O) groups is 2. The van der Waals surface area contributed by atoms with Crippen LogP contribution in [0.3, 0.4) is 0 Å². The molecule has 2 aromatic carbocycles. The van der Waals surface area contributed by atoms with Crippen molar-refractivity contribution in [2.24, 2.45) is 0 Å². The van der Waals surface area contributed by atoms with Crippen molar-refractivity contribution in [1.29, 1.82) is 0 Å². The molecule has 0 aliphatic carbocycles. The fourth-order valence-corrected chi connectivity index (χ4v) is 6.27. The topological polar surface area (TPSA) is 140 Å². The summed E-state index contributed by atoms with van der Waals surface area (Å²) in [5.41, 5.74) is 0.754. The zero-order valence-corrected chi connectivity index (χ0v) is 22.2. The highest BCUT2D eigenvalue weighted by molar-refractivity contribution is 7.92. The number of nitrogens with one attached hydrogen (secondary N) is 2. The third kappa shape index (κ3) is 5.72. The van der Waals surface area contributed by atoms with E-state index in [2.05, 4.69) is 20.0 Å². The lowest BCUT2D eigenvalue weighted by Gasteiger charge is -2.19. The van der Waals surface area contributed by atoms with Gasteiger partial charge in [-0.1, -0.05) is 41.9 Å². The molecule has 0 saturated carbocycles. The Morgan fingerprint density at radius 1 is 1.00 bits per heavy atom.